The van der Waals surface area contributed by atoms with Gasteiger partial charge in [0.15, 0.2) is 0 Å². The molecule has 8 heteroatoms. The second kappa shape index (κ2) is 6.17. The van der Waals surface area contributed by atoms with E-state index in [-0.39, 0.29) is 4.90 Å². The van der Waals surface area contributed by atoms with Gasteiger partial charge in [-0.3, -0.25) is 0 Å². The molecule has 3 aromatic rings. The number of aromatic nitrogens is 3. The van der Waals surface area contributed by atoms with Crippen LogP contribution < -0.4 is 0 Å². The fourth-order valence-corrected chi connectivity index (χ4v) is 3.33. The smallest absolute Gasteiger partial charge is 0.328 e. The fourth-order valence-electron chi connectivity index (χ4n) is 2.12. The number of carbonyl (C=O) groups is 1. The van der Waals surface area contributed by atoms with E-state index >= 15 is 0 Å². The number of nitrogens with zero attached hydrogens (tertiary/aromatic N) is 3. The lowest BCUT2D eigenvalue weighted by Gasteiger charge is -2.07. The number of benzene rings is 1. The molecule has 0 aliphatic carbocycles. The first-order valence-corrected chi connectivity index (χ1v) is 8.35. The van der Waals surface area contributed by atoms with E-state index in [1.54, 1.807) is 35.3 Å². The molecule has 0 bridgehead atoms. The first-order chi connectivity index (χ1) is 11.5. The summed E-state index contributed by atoms with van der Waals surface area (Å²) >= 11 is 0. The largest absolute Gasteiger partial charge is 0.478 e. The second-order valence-electron chi connectivity index (χ2n) is 4.90. The summed E-state index contributed by atoms with van der Waals surface area (Å²) in [6.07, 6.45) is 8.40. The highest BCUT2D eigenvalue weighted by Crippen LogP contribution is 2.18. The van der Waals surface area contributed by atoms with Crippen LogP contribution in [-0.4, -0.2) is 33.2 Å². The van der Waals surface area contributed by atoms with Crippen LogP contribution in [-0.2, 0) is 14.8 Å². The van der Waals surface area contributed by atoms with E-state index in [1.165, 1.54) is 36.7 Å². The molecule has 1 aromatic carbocycles. The molecule has 0 unspecified atom stereocenters. The molecule has 122 valence electrons. The van der Waals surface area contributed by atoms with E-state index in [0.29, 0.717) is 5.56 Å². The number of carboxylic acids is 1. The van der Waals surface area contributed by atoms with Crippen LogP contribution >= 0.6 is 0 Å². The fraction of sp³-hybridized carbons (Fsp3) is 0. The molecule has 0 radical (unpaired) electrons. The third-order valence-electron chi connectivity index (χ3n) is 3.29. The minimum atomic E-state index is -3.74. The molecule has 0 spiro atoms. The number of rotatable bonds is 5. The van der Waals surface area contributed by atoms with Crippen LogP contribution in [0.3, 0.4) is 0 Å². The van der Waals surface area contributed by atoms with Crippen LogP contribution in [0.25, 0.3) is 11.8 Å². The third kappa shape index (κ3) is 3.13. The first kappa shape index (κ1) is 15.8. The number of carboxylic acid groups (broad SMARTS) is 1. The summed E-state index contributed by atoms with van der Waals surface area (Å²) in [5.41, 5.74) is 1.23. The predicted octanol–water partition coefficient (Wildman–Crippen LogP) is 2.01. The van der Waals surface area contributed by atoms with E-state index in [2.05, 4.69) is 5.10 Å². The van der Waals surface area contributed by atoms with Gasteiger partial charge >= 0.3 is 5.97 Å². The highest BCUT2D eigenvalue weighted by Gasteiger charge is 2.16. The van der Waals surface area contributed by atoms with Gasteiger partial charge in [-0.1, -0.05) is 0 Å². The minimum absolute atomic E-state index is 0.128. The van der Waals surface area contributed by atoms with Crippen molar-refractivity contribution in [3.8, 4) is 5.69 Å². The molecular formula is C16H13N3O4S. The first-order valence-electron chi connectivity index (χ1n) is 6.91. The standard InChI is InChI=1S/C16H13N3O4S/c20-16(21)7-2-13-8-11-18(12-13)24(22,23)15-5-3-14(4-6-15)19-10-1-9-17-19/h1-12H,(H,20,21)/b7-2+. The van der Waals surface area contributed by atoms with E-state index in [4.69, 9.17) is 5.11 Å². The Labute approximate surface area is 138 Å². The van der Waals surface area contributed by atoms with Gasteiger partial charge in [-0.05, 0) is 48.0 Å². The molecule has 1 N–H and O–H groups in total. The maximum absolute atomic E-state index is 12.6. The highest BCUT2D eigenvalue weighted by atomic mass is 32.2. The van der Waals surface area contributed by atoms with Crippen molar-refractivity contribution in [2.75, 3.05) is 0 Å². The Morgan fingerprint density at radius 1 is 1.12 bits per heavy atom. The van der Waals surface area contributed by atoms with E-state index < -0.39 is 16.0 Å². The summed E-state index contributed by atoms with van der Waals surface area (Å²) in [4.78, 5) is 10.6. The maximum Gasteiger partial charge on any atom is 0.328 e. The number of hydrogen-bond donors (Lipinski definition) is 1. The number of hydrogen-bond acceptors (Lipinski definition) is 4. The second-order valence-corrected chi connectivity index (χ2v) is 6.74. The van der Waals surface area contributed by atoms with Crippen molar-refractivity contribution in [1.82, 2.24) is 13.8 Å². The van der Waals surface area contributed by atoms with Crippen LogP contribution in [0.2, 0.25) is 0 Å². The molecule has 7 nitrogen and oxygen atoms in total. The lowest BCUT2D eigenvalue weighted by atomic mass is 10.3. The highest BCUT2D eigenvalue weighted by molar-refractivity contribution is 7.90. The van der Waals surface area contributed by atoms with Crippen LogP contribution in [0.4, 0.5) is 0 Å². The van der Waals surface area contributed by atoms with Crippen molar-refractivity contribution in [3.05, 3.63) is 72.8 Å². The molecule has 0 atom stereocenters. The summed E-state index contributed by atoms with van der Waals surface area (Å²) in [6.45, 7) is 0. The summed E-state index contributed by atoms with van der Waals surface area (Å²) in [6, 6.07) is 9.62. The summed E-state index contributed by atoms with van der Waals surface area (Å²) in [5.74, 6) is -1.10. The maximum atomic E-state index is 12.6. The van der Waals surface area contributed by atoms with Gasteiger partial charge in [-0.15, -0.1) is 0 Å². The average molecular weight is 343 g/mol. The van der Waals surface area contributed by atoms with E-state index in [1.807, 2.05) is 0 Å². The van der Waals surface area contributed by atoms with Crippen molar-refractivity contribution >= 4 is 22.1 Å². The van der Waals surface area contributed by atoms with E-state index in [0.717, 1.165) is 15.7 Å². The summed E-state index contributed by atoms with van der Waals surface area (Å²) in [7, 11) is -3.74. The molecule has 0 fully saturated rings. The van der Waals surface area contributed by atoms with E-state index in [9.17, 15) is 13.2 Å². The van der Waals surface area contributed by atoms with Gasteiger partial charge in [0, 0.05) is 30.9 Å². The Balaban J connectivity index is 1.89. The molecule has 0 saturated carbocycles. The quantitative estimate of drug-likeness (QED) is 0.715. The van der Waals surface area contributed by atoms with Crippen LogP contribution in [0.15, 0.2) is 72.2 Å². The monoisotopic (exact) mass is 343 g/mol. The zero-order valence-corrected chi connectivity index (χ0v) is 13.2. The Kier molecular flexibility index (Phi) is 4.05. The van der Waals surface area contributed by atoms with Gasteiger partial charge in [-0.25, -0.2) is 21.9 Å². The molecular weight excluding hydrogens is 330 g/mol. The Morgan fingerprint density at radius 2 is 1.88 bits per heavy atom. The minimum Gasteiger partial charge on any atom is -0.478 e. The van der Waals surface area contributed by atoms with Crippen molar-refractivity contribution in [2.45, 2.75) is 4.90 Å². The average Bonchev–Trinajstić information content (AvgIpc) is 3.25. The lowest BCUT2D eigenvalue weighted by molar-refractivity contribution is -0.131. The van der Waals surface area contributed by atoms with Crippen molar-refractivity contribution in [3.63, 3.8) is 0 Å². The lowest BCUT2D eigenvalue weighted by Crippen LogP contribution is -2.11. The Morgan fingerprint density at radius 3 is 2.50 bits per heavy atom. The molecule has 2 heterocycles. The van der Waals surface area contributed by atoms with Gasteiger partial charge in [0.1, 0.15) is 0 Å². The summed E-state index contributed by atoms with van der Waals surface area (Å²) in [5, 5.41) is 12.7. The van der Waals surface area contributed by atoms with Gasteiger partial charge in [-0.2, -0.15) is 5.10 Å². The van der Waals surface area contributed by atoms with Gasteiger partial charge in [0.25, 0.3) is 10.0 Å². The third-order valence-corrected chi connectivity index (χ3v) is 4.94. The molecule has 2 aromatic heterocycles. The van der Waals surface area contributed by atoms with Crippen LogP contribution in [0, 0.1) is 0 Å². The normalized spacial score (nSPS) is 11.8. The van der Waals surface area contributed by atoms with Crippen LogP contribution in [0.1, 0.15) is 5.56 Å². The molecule has 0 aliphatic rings. The van der Waals surface area contributed by atoms with Crippen LogP contribution in [0.5, 0.6) is 0 Å². The van der Waals surface area contributed by atoms with Gasteiger partial charge < -0.3 is 5.11 Å². The van der Waals surface area contributed by atoms with Gasteiger partial charge in [0.05, 0.1) is 10.6 Å². The SMILES string of the molecule is O=C(O)/C=C/c1ccn(S(=O)(=O)c2ccc(-n3cccn3)cc2)c1. The van der Waals surface area contributed by atoms with Crippen molar-refractivity contribution in [2.24, 2.45) is 0 Å². The molecule has 0 amide bonds. The Bertz CT molecular complexity index is 984. The Hall–Kier alpha value is -3.13. The van der Waals surface area contributed by atoms with Crippen molar-refractivity contribution < 1.29 is 18.3 Å². The zero-order chi connectivity index (χ0) is 17.2. The predicted molar refractivity (Wildman–Crippen MR) is 87.2 cm³/mol. The topological polar surface area (TPSA) is 94.2 Å². The number of aliphatic carboxylic acids is 1. The molecule has 24 heavy (non-hydrogen) atoms. The molecule has 0 saturated heterocycles. The van der Waals surface area contributed by atoms with Crippen molar-refractivity contribution in [1.29, 1.82) is 0 Å². The molecule has 3 rings (SSSR count). The molecule has 0 aliphatic heterocycles. The zero-order valence-electron chi connectivity index (χ0n) is 12.4. The van der Waals surface area contributed by atoms with Gasteiger partial charge in [0.2, 0.25) is 0 Å². The summed E-state index contributed by atoms with van der Waals surface area (Å²) < 4.78 is 27.8.